The summed E-state index contributed by atoms with van der Waals surface area (Å²) >= 11 is 0. The fourth-order valence-electron chi connectivity index (χ4n) is 1.53. The lowest BCUT2D eigenvalue weighted by Gasteiger charge is -2.07. The van der Waals surface area contributed by atoms with Gasteiger partial charge in [-0.3, -0.25) is 4.98 Å². The molecule has 1 aromatic carbocycles. The van der Waals surface area contributed by atoms with Crippen molar-refractivity contribution in [3.05, 3.63) is 53.9 Å². The number of nitrogens with zero attached hydrogens (tertiary/aromatic N) is 2. The number of rotatable bonds is 4. The van der Waals surface area contributed by atoms with E-state index in [0.29, 0.717) is 23.5 Å². The first kappa shape index (κ1) is 12.1. The Labute approximate surface area is 105 Å². The van der Waals surface area contributed by atoms with Gasteiger partial charge in [0.1, 0.15) is 11.8 Å². The van der Waals surface area contributed by atoms with Gasteiger partial charge in [0.25, 0.3) is 0 Å². The minimum atomic E-state index is 0.126. The molecule has 1 aromatic heterocycles. The van der Waals surface area contributed by atoms with Gasteiger partial charge in [-0.05, 0) is 30.2 Å². The predicted molar refractivity (Wildman–Crippen MR) is 66.3 cm³/mol. The molecule has 90 valence electrons. The summed E-state index contributed by atoms with van der Waals surface area (Å²) in [5, 5.41) is 17.7. The first-order valence-corrected chi connectivity index (χ1v) is 5.55. The molecular weight excluding hydrogens is 228 g/mol. The largest absolute Gasteiger partial charge is 0.454 e. The number of aromatic nitrogens is 1. The second-order valence-electron chi connectivity index (χ2n) is 3.70. The Hall–Kier alpha value is -2.38. The predicted octanol–water partition coefficient (Wildman–Crippen LogP) is 2.28. The van der Waals surface area contributed by atoms with E-state index in [1.165, 1.54) is 6.20 Å². The van der Waals surface area contributed by atoms with Gasteiger partial charge in [-0.25, -0.2) is 0 Å². The van der Waals surface area contributed by atoms with Gasteiger partial charge in [0, 0.05) is 12.8 Å². The lowest BCUT2D eigenvalue weighted by Crippen LogP contribution is -1.92. The Balaban J connectivity index is 2.16. The van der Waals surface area contributed by atoms with E-state index in [9.17, 15) is 0 Å². The summed E-state index contributed by atoms with van der Waals surface area (Å²) in [6.07, 6.45) is 3.69. The average molecular weight is 240 g/mol. The van der Waals surface area contributed by atoms with Crippen LogP contribution in [0.1, 0.15) is 11.1 Å². The summed E-state index contributed by atoms with van der Waals surface area (Å²) in [6.45, 7) is 0.126. The minimum absolute atomic E-state index is 0.126. The van der Waals surface area contributed by atoms with Crippen LogP contribution in [0.5, 0.6) is 11.5 Å². The van der Waals surface area contributed by atoms with Gasteiger partial charge in [0.05, 0.1) is 11.8 Å². The normalized spacial score (nSPS) is 9.78. The highest BCUT2D eigenvalue weighted by molar-refractivity contribution is 5.43. The highest BCUT2D eigenvalue weighted by Crippen LogP contribution is 2.24. The molecule has 1 N–H and O–H groups in total. The van der Waals surface area contributed by atoms with E-state index in [2.05, 4.69) is 4.98 Å². The number of benzene rings is 1. The summed E-state index contributed by atoms with van der Waals surface area (Å²) in [6, 6.07) is 11.0. The van der Waals surface area contributed by atoms with Crippen molar-refractivity contribution in [2.45, 2.75) is 6.42 Å². The van der Waals surface area contributed by atoms with Crippen molar-refractivity contribution in [2.24, 2.45) is 0 Å². The molecule has 2 aromatic rings. The van der Waals surface area contributed by atoms with E-state index in [1.54, 1.807) is 24.4 Å². The first-order chi connectivity index (χ1) is 8.83. The second kappa shape index (κ2) is 5.80. The molecule has 0 atom stereocenters. The number of hydrogen-bond donors (Lipinski definition) is 1. The smallest absolute Gasteiger partial charge is 0.163 e. The summed E-state index contributed by atoms with van der Waals surface area (Å²) in [5.74, 6) is 1.08. The molecule has 0 amide bonds. The molecule has 0 spiro atoms. The molecule has 1 heterocycles. The monoisotopic (exact) mass is 240 g/mol. The van der Waals surface area contributed by atoms with Crippen LogP contribution < -0.4 is 4.74 Å². The maximum atomic E-state index is 8.92. The Kier molecular flexibility index (Phi) is 3.90. The van der Waals surface area contributed by atoms with Crippen molar-refractivity contribution in [3.8, 4) is 17.6 Å². The number of nitriles is 1. The third-order valence-corrected chi connectivity index (χ3v) is 2.46. The SMILES string of the molecule is N#Cc1ccncc1Oc1ccc(CCO)cc1. The van der Waals surface area contributed by atoms with Gasteiger partial charge in [-0.15, -0.1) is 0 Å². The van der Waals surface area contributed by atoms with Crippen LogP contribution in [0.15, 0.2) is 42.7 Å². The van der Waals surface area contributed by atoms with Gasteiger partial charge < -0.3 is 9.84 Å². The van der Waals surface area contributed by atoms with Crippen molar-refractivity contribution in [1.82, 2.24) is 4.98 Å². The molecule has 0 aliphatic heterocycles. The average Bonchev–Trinajstić information content (AvgIpc) is 2.42. The zero-order chi connectivity index (χ0) is 12.8. The van der Waals surface area contributed by atoms with Gasteiger partial charge in [0.2, 0.25) is 0 Å². The van der Waals surface area contributed by atoms with Crippen LogP contribution in [0.4, 0.5) is 0 Å². The van der Waals surface area contributed by atoms with Crippen LogP contribution in [0.2, 0.25) is 0 Å². The van der Waals surface area contributed by atoms with Crippen molar-refractivity contribution in [2.75, 3.05) is 6.61 Å². The zero-order valence-corrected chi connectivity index (χ0v) is 9.71. The Morgan fingerprint density at radius 1 is 1.22 bits per heavy atom. The van der Waals surface area contributed by atoms with Crippen LogP contribution in [0, 0.1) is 11.3 Å². The Morgan fingerprint density at radius 3 is 2.67 bits per heavy atom. The summed E-state index contributed by atoms with van der Waals surface area (Å²) in [4.78, 5) is 3.93. The maximum absolute atomic E-state index is 8.92. The van der Waals surface area contributed by atoms with Gasteiger partial charge in [0.15, 0.2) is 5.75 Å². The number of ether oxygens (including phenoxy) is 1. The maximum Gasteiger partial charge on any atom is 0.163 e. The van der Waals surface area contributed by atoms with Crippen LogP contribution in [0.3, 0.4) is 0 Å². The summed E-state index contributed by atoms with van der Waals surface area (Å²) in [5.41, 5.74) is 1.49. The van der Waals surface area contributed by atoms with Crippen molar-refractivity contribution >= 4 is 0 Å². The van der Waals surface area contributed by atoms with Crippen LogP contribution in [0.25, 0.3) is 0 Å². The minimum Gasteiger partial charge on any atom is -0.454 e. The Bertz CT molecular complexity index is 559. The molecule has 0 fully saturated rings. The van der Waals surface area contributed by atoms with Crippen LogP contribution >= 0.6 is 0 Å². The fourth-order valence-corrected chi connectivity index (χ4v) is 1.53. The molecule has 0 bridgehead atoms. The van der Waals surface area contributed by atoms with E-state index in [0.717, 1.165) is 5.56 Å². The van der Waals surface area contributed by atoms with E-state index in [1.807, 2.05) is 18.2 Å². The zero-order valence-electron chi connectivity index (χ0n) is 9.71. The van der Waals surface area contributed by atoms with E-state index in [4.69, 9.17) is 15.1 Å². The lowest BCUT2D eigenvalue weighted by molar-refractivity contribution is 0.299. The van der Waals surface area contributed by atoms with E-state index in [-0.39, 0.29) is 6.61 Å². The lowest BCUT2D eigenvalue weighted by atomic mass is 10.1. The van der Waals surface area contributed by atoms with Gasteiger partial charge >= 0.3 is 0 Å². The second-order valence-corrected chi connectivity index (χ2v) is 3.70. The summed E-state index contributed by atoms with van der Waals surface area (Å²) < 4.78 is 5.59. The third-order valence-electron chi connectivity index (χ3n) is 2.46. The van der Waals surface area contributed by atoms with Gasteiger partial charge in [-0.2, -0.15) is 5.26 Å². The standard InChI is InChI=1S/C14H12N2O2/c15-9-12-5-7-16-10-14(12)18-13-3-1-11(2-4-13)6-8-17/h1-5,7,10,17H,6,8H2. The highest BCUT2D eigenvalue weighted by Gasteiger charge is 2.04. The molecule has 0 aliphatic carbocycles. The van der Waals surface area contributed by atoms with Crippen LogP contribution in [-0.4, -0.2) is 16.7 Å². The molecule has 0 aliphatic rings. The molecule has 4 heteroatoms. The highest BCUT2D eigenvalue weighted by atomic mass is 16.5. The fraction of sp³-hybridized carbons (Fsp3) is 0.143. The van der Waals surface area contributed by atoms with Crippen molar-refractivity contribution in [1.29, 1.82) is 5.26 Å². The number of aliphatic hydroxyl groups is 1. The number of pyridine rings is 1. The molecular formula is C14H12N2O2. The molecule has 4 nitrogen and oxygen atoms in total. The quantitative estimate of drug-likeness (QED) is 0.890. The van der Waals surface area contributed by atoms with Crippen LogP contribution in [-0.2, 0) is 6.42 Å². The number of aliphatic hydroxyl groups excluding tert-OH is 1. The number of hydrogen-bond acceptors (Lipinski definition) is 4. The molecule has 2 rings (SSSR count). The Morgan fingerprint density at radius 2 is 2.00 bits per heavy atom. The summed E-state index contributed by atoms with van der Waals surface area (Å²) in [7, 11) is 0. The van der Waals surface area contributed by atoms with Crippen molar-refractivity contribution < 1.29 is 9.84 Å². The molecule has 0 saturated carbocycles. The van der Waals surface area contributed by atoms with Crippen molar-refractivity contribution in [3.63, 3.8) is 0 Å². The first-order valence-electron chi connectivity index (χ1n) is 5.55. The van der Waals surface area contributed by atoms with E-state index >= 15 is 0 Å². The van der Waals surface area contributed by atoms with Gasteiger partial charge in [-0.1, -0.05) is 12.1 Å². The molecule has 18 heavy (non-hydrogen) atoms. The molecule has 0 saturated heterocycles. The molecule has 0 radical (unpaired) electrons. The third kappa shape index (κ3) is 2.84. The molecule has 0 unspecified atom stereocenters. The van der Waals surface area contributed by atoms with E-state index < -0.39 is 0 Å². The topological polar surface area (TPSA) is 66.1 Å².